The molecule has 2 heterocycles. The van der Waals surface area contributed by atoms with Gasteiger partial charge in [0.2, 0.25) is 11.7 Å². The van der Waals surface area contributed by atoms with E-state index in [0.29, 0.717) is 18.9 Å². The number of amides is 1. The molecular formula is C21H24N6O2. The van der Waals surface area contributed by atoms with Gasteiger partial charge < -0.3 is 15.0 Å². The summed E-state index contributed by atoms with van der Waals surface area (Å²) in [5, 5.41) is 15.9. The molecule has 8 nitrogen and oxygen atoms in total. The van der Waals surface area contributed by atoms with Crippen LogP contribution in [0.15, 0.2) is 48.5 Å². The molecule has 2 aromatic carbocycles. The number of carbonyl (C=O) groups is 1. The molecule has 29 heavy (non-hydrogen) atoms. The molecule has 1 amide bonds. The van der Waals surface area contributed by atoms with Crippen molar-refractivity contribution in [2.45, 2.75) is 19.5 Å². The second kappa shape index (κ2) is 8.40. The molecule has 1 aliphatic rings. The maximum absolute atomic E-state index is 13.1. The summed E-state index contributed by atoms with van der Waals surface area (Å²) in [6.07, 6.45) is 0. The van der Waals surface area contributed by atoms with E-state index in [1.807, 2.05) is 60.4 Å². The van der Waals surface area contributed by atoms with Crippen molar-refractivity contribution < 1.29 is 9.53 Å². The van der Waals surface area contributed by atoms with Crippen molar-refractivity contribution in [3.63, 3.8) is 0 Å². The van der Waals surface area contributed by atoms with Gasteiger partial charge in [-0.2, -0.15) is 4.80 Å². The Morgan fingerprint density at radius 3 is 2.79 bits per heavy atom. The number of ether oxygens (including phenoxy) is 1. The quantitative estimate of drug-likeness (QED) is 0.713. The van der Waals surface area contributed by atoms with Gasteiger partial charge >= 0.3 is 0 Å². The molecule has 0 bridgehead atoms. The number of aryl methyl sites for hydroxylation is 1. The van der Waals surface area contributed by atoms with Crippen LogP contribution in [0.4, 0.5) is 0 Å². The zero-order valence-corrected chi connectivity index (χ0v) is 16.6. The number of nitrogens with one attached hydrogen (secondary N) is 1. The molecule has 1 N–H and O–H groups in total. The monoisotopic (exact) mass is 392 g/mol. The molecule has 0 aliphatic carbocycles. The molecule has 4 rings (SSSR count). The molecule has 1 saturated heterocycles. The van der Waals surface area contributed by atoms with Gasteiger partial charge in [0, 0.05) is 30.8 Å². The second-order valence-electron chi connectivity index (χ2n) is 7.06. The smallest absolute Gasteiger partial charge is 0.246 e. The van der Waals surface area contributed by atoms with Crippen molar-refractivity contribution in [3.8, 4) is 17.1 Å². The maximum Gasteiger partial charge on any atom is 0.246 e. The second-order valence-corrected chi connectivity index (χ2v) is 7.06. The normalized spacial score (nSPS) is 16.6. The predicted molar refractivity (Wildman–Crippen MR) is 108 cm³/mol. The van der Waals surface area contributed by atoms with Gasteiger partial charge in [-0.1, -0.05) is 48.0 Å². The van der Waals surface area contributed by atoms with E-state index in [-0.39, 0.29) is 18.5 Å². The lowest BCUT2D eigenvalue weighted by Gasteiger charge is -2.37. The Morgan fingerprint density at radius 1 is 1.21 bits per heavy atom. The topological polar surface area (TPSA) is 85.2 Å². The fraction of sp³-hybridized carbons (Fsp3) is 0.333. The first-order chi connectivity index (χ1) is 14.2. The third-order valence-electron chi connectivity index (χ3n) is 5.10. The third-order valence-corrected chi connectivity index (χ3v) is 5.10. The SMILES string of the molecule is COc1ccccc1C1CNCCN1C(=O)Cn1nnc(-c2ccc(C)cc2)n1. The molecule has 1 aromatic heterocycles. The highest BCUT2D eigenvalue weighted by Crippen LogP contribution is 2.30. The van der Waals surface area contributed by atoms with Crippen molar-refractivity contribution in [1.82, 2.24) is 30.4 Å². The molecule has 1 aliphatic heterocycles. The highest BCUT2D eigenvalue weighted by Gasteiger charge is 2.30. The number of hydrogen-bond donors (Lipinski definition) is 1. The van der Waals surface area contributed by atoms with Gasteiger partial charge in [0.25, 0.3) is 0 Å². The van der Waals surface area contributed by atoms with Crippen LogP contribution in [0, 0.1) is 6.92 Å². The molecule has 0 spiro atoms. The number of nitrogens with zero attached hydrogens (tertiary/aromatic N) is 5. The molecule has 1 unspecified atom stereocenters. The van der Waals surface area contributed by atoms with E-state index in [1.165, 1.54) is 4.80 Å². The van der Waals surface area contributed by atoms with Crippen molar-refractivity contribution >= 4 is 5.91 Å². The van der Waals surface area contributed by atoms with Gasteiger partial charge in [0.1, 0.15) is 12.3 Å². The molecule has 8 heteroatoms. The van der Waals surface area contributed by atoms with E-state index < -0.39 is 0 Å². The van der Waals surface area contributed by atoms with Crippen LogP contribution in [0.25, 0.3) is 11.4 Å². The molecule has 0 saturated carbocycles. The fourth-order valence-electron chi connectivity index (χ4n) is 3.56. The predicted octanol–water partition coefficient (Wildman–Crippen LogP) is 1.83. The van der Waals surface area contributed by atoms with Crippen molar-refractivity contribution in [2.24, 2.45) is 0 Å². The maximum atomic E-state index is 13.1. The number of tetrazole rings is 1. The minimum atomic E-state index is -0.104. The number of para-hydroxylation sites is 1. The first-order valence-electron chi connectivity index (χ1n) is 9.63. The Labute approximate surface area is 169 Å². The summed E-state index contributed by atoms with van der Waals surface area (Å²) in [6, 6.07) is 15.6. The van der Waals surface area contributed by atoms with E-state index >= 15 is 0 Å². The summed E-state index contributed by atoms with van der Waals surface area (Å²) in [7, 11) is 1.65. The number of methoxy groups -OCH3 is 1. The van der Waals surface area contributed by atoms with Crippen LogP contribution in [0.2, 0.25) is 0 Å². The highest BCUT2D eigenvalue weighted by molar-refractivity contribution is 5.76. The Balaban J connectivity index is 1.51. The minimum absolute atomic E-state index is 0.0461. The number of benzene rings is 2. The van der Waals surface area contributed by atoms with E-state index in [4.69, 9.17) is 4.74 Å². The van der Waals surface area contributed by atoms with Crippen LogP contribution >= 0.6 is 0 Å². The van der Waals surface area contributed by atoms with Gasteiger partial charge in [0.05, 0.1) is 13.2 Å². The Kier molecular flexibility index (Phi) is 5.53. The zero-order valence-electron chi connectivity index (χ0n) is 16.6. The molecule has 150 valence electrons. The van der Waals surface area contributed by atoms with Gasteiger partial charge in [-0.05, 0) is 18.2 Å². The van der Waals surface area contributed by atoms with Crippen LogP contribution in [0.1, 0.15) is 17.2 Å². The minimum Gasteiger partial charge on any atom is -0.496 e. The number of carbonyl (C=O) groups excluding carboxylic acids is 1. The van der Waals surface area contributed by atoms with Gasteiger partial charge in [0.15, 0.2) is 0 Å². The summed E-state index contributed by atoms with van der Waals surface area (Å²) < 4.78 is 5.50. The summed E-state index contributed by atoms with van der Waals surface area (Å²) in [4.78, 5) is 16.3. The number of piperazine rings is 1. The molecular weight excluding hydrogens is 368 g/mol. The van der Waals surface area contributed by atoms with E-state index in [0.717, 1.165) is 29.0 Å². The van der Waals surface area contributed by atoms with E-state index in [9.17, 15) is 4.79 Å². The van der Waals surface area contributed by atoms with Gasteiger partial charge in [-0.25, -0.2) is 0 Å². The average Bonchev–Trinajstić information content (AvgIpc) is 3.22. The van der Waals surface area contributed by atoms with Crippen LogP contribution in [0.5, 0.6) is 5.75 Å². The first kappa shape index (κ1) is 19.1. The Hall–Kier alpha value is -3.26. The summed E-state index contributed by atoms with van der Waals surface area (Å²) in [5.41, 5.74) is 3.03. The fourth-order valence-corrected chi connectivity index (χ4v) is 3.56. The van der Waals surface area contributed by atoms with Crippen molar-refractivity contribution in [1.29, 1.82) is 0 Å². The summed E-state index contributed by atoms with van der Waals surface area (Å²) in [5.74, 6) is 1.24. The van der Waals surface area contributed by atoms with Crippen molar-refractivity contribution in [2.75, 3.05) is 26.7 Å². The standard InChI is InChI=1S/C21H24N6O2/c1-15-7-9-16(10-8-15)21-23-25-27(24-21)14-20(28)26-12-11-22-13-18(26)17-5-3-4-6-19(17)29-2/h3-10,18,22H,11-14H2,1-2H3. The largest absolute Gasteiger partial charge is 0.496 e. The Bertz CT molecular complexity index is 985. The summed E-state index contributed by atoms with van der Waals surface area (Å²) >= 11 is 0. The van der Waals surface area contributed by atoms with Crippen LogP contribution < -0.4 is 10.1 Å². The number of rotatable bonds is 5. The lowest BCUT2D eigenvalue weighted by atomic mass is 10.0. The average molecular weight is 392 g/mol. The van der Waals surface area contributed by atoms with Gasteiger partial charge in [-0.3, -0.25) is 4.79 Å². The number of hydrogen-bond acceptors (Lipinski definition) is 6. The third kappa shape index (κ3) is 4.12. The Morgan fingerprint density at radius 2 is 2.00 bits per heavy atom. The van der Waals surface area contributed by atoms with E-state index in [2.05, 4.69) is 20.7 Å². The van der Waals surface area contributed by atoms with Crippen molar-refractivity contribution in [3.05, 3.63) is 59.7 Å². The lowest BCUT2D eigenvalue weighted by Crippen LogP contribution is -2.49. The number of aromatic nitrogens is 4. The zero-order chi connectivity index (χ0) is 20.2. The first-order valence-corrected chi connectivity index (χ1v) is 9.63. The van der Waals surface area contributed by atoms with Gasteiger partial charge in [-0.15, -0.1) is 10.2 Å². The highest BCUT2D eigenvalue weighted by atomic mass is 16.5. The molecule has 1 atom stereocenters. The van der Waals surface area contributed by atoms with Crippen LogP contribution in [0.3, 0.4) is 0 Å². The molecule has 0 radical (unpaired) electrons. The van der Waals surface area contributed by atoms with E-state index in [1.54, 1.807) is 7.11 Å². The van der Waals surface area contributed by atoms with Crippen LogP contribution in [-0.2, 0) is 11.3 Å². The van der Waals surface area contributed by atoms with Crippen LogP contribution in [-0.4, -0.2) is 57.8 Å². The molecule has 3 aromatic rings. The lowest BCUT2D eigenvalue weighted by molar-refractivity contribution is -0.135. The molecule has 1 fully saturated rings. The summed E-state index contributed by atoms with van der Waals surface area (Å²) in [6.45, 7) is 4.10.